The molecule has 0 amide bonds. The van der Waals surface area contributed by atoms with Crippen LogP contribution in [0.25, 0.3) is 0 Å². The summed E-state index contributed by atoms with van der Waals surface area (Å²) in [5, 5.41) is 0. The summed E-state index contributed by atoms with van der Waals surface area (Å²) < 4.78 is 33.6. The molecule has 1 aliphatic heterocycles. The molecule has 1 aromatic carbocycles. The van der Waals surface area contributed by atoms with Crippen molar-refractivity contribution in [3.8, 4) is 0 Å². The van der Waals surface area contributed by atoms with Crippen LogP contribution in [0.3, 0.4) is 0 Å². The number of rotatable bonds is 2. The molecule has 0 aliphatic carbocycles. The number of benzene rings is 1. The van der Waals surface area contributed by atoms with E-state index in [1.165, 1.54) is 4.67 Å². The maximum Gasteiger partial charge on any atom is 0.363 e. The Kier molecular flexibility index (Phi) is 2.95. The van der Waals surface area contributed by atoms with Gasteiger partial charge < -0.3 is 4.52 Å². The van der Waals surface area contributed by atoms with Gasteiger partial charge in [-0.15, -0.1) is 0 Å². The van der Waals surface area contributed by atoms with Gasteiger partial charge in [0.2, 0.25) is 0 Å². The summed E-state index contributed by atoms with van der Waals surface area (Å²) in [5.74, 6) is 0. The van der Waals surface area contributed by atoms with Crippen LogP contribution in [0.5, 0.6) is 0 Å². The SMILES string of the molecule is [2H]C1([2H])CCN([C@@H](C)c2ccccc2)[P@](=O)(Cl)O1. The van der Waals surface area contributed by atoms with E-state index in [1.54, 1.807) is 0 Å². The van der Waals surface area contributed by atoms with Gasteiger partial charge in [0.1, 0.15) is 0 Å². The summed E-state index contributed by atoms with van der Waals surface area (Å²) in [6, 6.07) is 9.37. The van der Waals surface area contributed by atoms with E-state index in [4.69, 9.17) is 18.5 Å². The van der Waals surface area contributed by atoms with Crippen molar-refractivity contribution in [1.82, 2.24) is 4.67 Å². The van der Waals surface area contributed by atoms with Gasteiger partial charge in [-0.1, -0.05) is 30.3 Å². The molecule has 2 atom stereocenters. The average molecular weight is 262 g/mol. The van der Waals surface area contributed by atoms with E-state index in [0.29, 0.717) is 6.54 Å². The van der Waals surface area contributed by atoms with E-state index in [9.17, 15) is 4.57 Å². The van der Waals surface area contributed by atoms with Crippen molar-refractivity contribution in [1.29, 1.82) is 0 Å². The highest BCUT2D eigenvalue weighted by Gasteiger charge is 2.36. The molecule has 16 heavy (non-hydrogen) atoms. The molecule has 0 bridgehead atoms. The molecule has 0 aromatic heterocycles. The van der Waals surface area contributed by atoms with E-state index >= 15 is 0 Å². The zero-order valence-corrected chi connectivity index (χ0v) is 10.6. The van der Waals surface area contributed by atoms with Crippen LogP contribution in [0.4, 0.5) is 0 Å². The predicted octanol–water partition coefficient (Wildman–Crippen LogP) is 3.82. The fourth-order valence-corrected chi connectivity index (χ4v) is 3.77. The van der Waals surface area contributed by atoms with Gasteiger partial charge in [-0.05, 0) is 30.1 Å². The molecule has 0 radical (unpaired) electrons. The van der Waals surface area contributed by atoms with Gasteiger partial charge in [-0.2, -0.15) is 0 Å². The van der Waals surface area contributed by atoms with Crippen molar-refractivity contribution >= 4 is 18.1 Å². The topological polar surface area (TPSA) is 29.5 Å². The first-order valence-corrected chi connectivity index (χ1v) is 7.63. The van der Waals surface area contributed by atoms with Crippen LogP contribution >= 0.6 is 18.1 Å². The normalized spacial score (nSPS) is 33.9. The van der Waals surface area contributed by atoms with Crippen molar-refractivity contribution in [2.24, 2.45) is 0 Å². The van der Waals surface area contributed by atoms with Gasteiger partial charge >= 0.3 is 6.87 Å². The van der Waals surface area contributed by atoms with Gasteiger partial charge in [0.05, 0.1) is 9.30 Å². The minimum absolute atomic E-state index is 0.154. The van der Waals surface area contributed by atoms with Crippen LogP contribution in [0.1, 0.15) is 27.7 Å². The molecule has 0 unspecified atom stereocenters. The molecule has 1 heterocycles. The summed E-state index contributed by atoms with van der Waals surface area (Å²) in [5.41, 5.74) is 0.976. The zero-order valence-electron chi connectivity index (χ0n) is 11.0. The van der Waals surface area contributed by atoms with Crippen LogP contribution in [-0.2, 0) is 9.09 Å². The summed E-state index contributed by atoms with van der Waals surface area (Å²) in [4.78, 5) is 0. The fraction of sp³-hybridized carbons (Fsp3) is 0.455. The average Bonchev–Trinajstić information content (AvgIpc) is 2.27. The number of hydrogen-bond donors (Lipinski definition) is 0. The molecule has 1 fully saturated rings. The lowest BCUT2D eigenvalue weighted by Gasteiger charge is -2.35. The van der Waals surface area contributed by atoms with Crippen LogP contribution in [0.15, 0.2) is 30.3 Å². The third kappa shape index (κ3) is 2.49. The molecule has 1 aliphatic rings. The Balaban J connectivity index is 2.22. The van der Waals surface area contributed by atoms with Crippen molar-refractivity contribution in [2.75, 3.05) is 13.1 Å². The quantitative estimate of drug-likeness (QED) is 0.758. The third-order valence-corrected chi connectivity index (χ3v) is 4.96. The van der Waals surface area contributed by atoms with Crippen molar-refractivity contribution in [3.63, 3.8) is 0 Å². The van der Waals surface area contributed by atoms with Gasteiger partial charge in [0, 0.05) is 12.6 Å². The highest BCUT2D eigenvalue weighted by atomic mass is 35.7. The predicted molar refractivity (Wildman–Crippen MR) is 65.6 cm³/mol. The second kappa shape index (κ2) is 4.89. The van der Waals surface area contributed by atoms with Gasteiger partial charge in [-0.25, -0.2) is 4.67 Å². The van der Waals surface area contributed by atoms with E-state index in [-0.39, 0.29) is 12.5 Å². The largest absolute Gasteiger partial charge is 0.363 e. The summed E-state index contributed by atoms with van der Waals surface area (Å²) in [6.07, 6.45) is 0.154. The smallest absolute Gasteiger partial charge is 0.306 e. The number of nitrogens with zero attached hydrogens (tertiary/aromatic N) is 1. The molecule has 1 saturated heterocycles. The van der Waals surface area contributed by atoms with Crippen LogP contribution in [0, 0.1) is 0 Å². The fourth-order valence-electron chi connectivity index (χ4n) is 1.76. The maximum absolute atomic E-state index is 12.2. The molecule has 2 rings (SSSR count). The Bertz CT molecular complexity index is 471. The standard InChI is InChI=1S/C11H15ClNO2P/c1-10(11-6-3-2-4-7-11)13-8-5-9-15-16(13,12)14/h2-4,6-7,10H,5,8-9H2,1H3/t10-,16-/m0/s1/i9D2. The molecule has 0 spiro atoms. The van der Waals surface area contributed by atoms with Crippen LogP contribution in [-0.4, -0.2) is 17.8 Å². The second-order valence-electron chi connectivity index (χ2n) is 3.69. The molecule has 3 nitrogen and oxygen atoms in total. The van der Waals surface area contributed by atoms with Crippen molar-refractivity contribution in [2.45, 2.75) is 19.4 Å². The lowest BCUT2D eigenvalue weighted by molar-refractivity contribution is 0.194. The van der Waals surface area contributed by atoms with E-state index in [0.717, 1.165) is 5.56 Å². The highest BCUT2D eigenvalue weighted by Crippen LogP contribution is 2.60. The van der Waals surface area contributed by atoms with E-state index in [2.05, 4.69) is 0 Å². The maximum atomic E-state index is 12.2. The lowest BCUT2D eigenvalue weighted by Crippen LogP contribution is -2.29. The third-order valence-electron chi connectivity index (χ3n) is 2.66. The summed E-state index contributed by atoms with van der Waals surface area (Å²) >= 11 is 5.89. The van der Waals surface area contributed by atoms with Crippen molar-refractivity contribution in [3.05, 3.63) is 35.9 Å². The Morgan fingerprint density at radius 3 is 2.88 bits per heavy atom. The summed E-state index contributed by atoms with van der Waals surface area (Å²) in [6.45, 7) is -3.33. The second-order valence-corrected chi connectivity index (χ2v) is 6.57. The number of halogens is 1. The molecule has 0 N–H and O–H groups in total. The van der Waals surface area contributed by atoms with Gasteiger partial charge in [0.15, 0.2) is 0 Å². The molecular formula is C11H15ClNO2P. The molecule has 88 valence electrons. The van der Waals surface area contributed by atoms with Crippen LogP contribution < -0.4 is 0 Å². The Morgan fingerprint density at radius 1 is 1.56 bits per heavy atom. The molecule has 0 saturated carbocycles. The van der Waals surface area contributed by atoms with Gasteiger partial charge in [0.25, 0.3) is 0 Å². The monoisotopic (exact) mass is 261 g/mol. The highest BCUT2D eigenvalue weighted by molar-refractivity contribution is 7.83. The van der Waals surface area contributed by atoms with Gasteiger partial charge in [-0.3, -0.25) is 4.57 Å². The first kappa shape index (κ1) is 9.67. The summed E-state index contributed by atoms with van der Waals surface area (Å²) in [7, 11) is 0. The lowest BCUT2D eigenvalue weighted by atomic mass is 10.1. The Hall–Kier alpha value is -0.340. The first-order chi connectivity index (χ1) is 8.32. The number of hydrogen-bond acceptors (Lipinski definition) is 2. The minimum Gasteiger partial charge on any atom is -0.306 e. The Morgan fingerprint density at radius 2 is 2.25 bits per heavy atom. The Labute approximate surface area is 103 Å². The zero-order chi connectivity index (χ0) is 13.4. The molecule has 1 aromatic rings. The van der Waals surface area contributed by atoms with Crippen molar-refractivity contribution < 1.29 is 11.8 Å². The van der Waals surface area contributed by atoms with E-state index < -0.39 is 13.4 Å². The minimum atomic E-state index is -3.61. The first-order valence-electron chi connectivity index (χ1n) is 6.14. The molecular weight excluding hydrogens is 245 g/mol. The van der Waals surface area contributed by atoms with E-state index in [1.807, 2.05) is 37.3 Å². The molecule has 5 heteroatoms. The van der Waals surface area contributed by atoms with Crippen LogP contribution in [0.2, 0.25) is 0 Å².